The molecule has 0 bridgehead atoms. The molecule has 0 amide bonds. The van der Waals surface area contributed by atoms with E-state index < -0.39 is 0 Å². The molecule has 162 valence electrons. The summed E-state index contributed by atoms with van der Waals surface area (Å²) in [7, 11) is 0. The van der Waals surface area contributed by atoms with Crippen LogP contribution >= 0.6 is 31.9 Å². The number of benzene rings is 2. The third kappa shape index (κ3) is 8.53. The molecule has 2 unspecified atom stereocenters. The van der Waals surface area contributed by atoms with Gasteiger partial charge in [-0.1, -0.05) is 93.4 Å². The summed E-state index contributed by atoms with van der Waals surface area (Å²) in [5, 5.41) is 7.32. The van der Waals surface area contributed by atoms with E-state index in [0.29, 0.717) is 15.6 Å². The first-order valence-corrected chi connectivity index (χ1v) is 12.8. The van der Waals surface area contributed by atoms with Gasteiger partial charge in [0.2, 0.25) is 0 Å². The summed E-state index contributed by atoms with van der Waals surface area (Å²) in [5.74, 6) is 0.693. The van der Waals surface area contributed by atoms with Gasteiger partial charge < -0.3 is 0 Å². The zero-order valence-electron chi connectivity index (χ0n) is 18.2. The van der Waals surface area contributed by atoms with Crippen LogP contribution in [0.15, 0.2) is 54.6 Å². The maximum absolute atomic E-state index is 7.32. The van der Waals surface area contributed by atoms with E-state index in [1.165, 1.54) is 68.8 Å². The van der Waals surface area contributed by atoms with E-state index in [1.54, 1.807) is 6.07 Å². The lowest BCUT2D eigenvalue weighted by atomic mass is 9.96. The van der Waals surface area contributed by atoms with Crippen molar-refractivity contribution in [1.29, 1.82) is 5.26 Å². The molecular formula is C26H34Br2N2. The van der Waals surface area contributed by atoms with Gasteiger partial charge in [-0.05, 0) is 67.8 Å². The van der Waals surface area contributed by atoms with Gasteiger partial charge in [-0.25, -0.2) is 0 Å². The Morgan fingerprint density at radius 2 is 1.53 bits per heavy atom. The van der Waals surface area contributed by atoms with E-state index in [9.17, 15) is 0 Å². The summed E-state index contributed by atoms with van der Waals surface area (Å²) in [6.07, 6.45) is 6.08. The zero-order chi connectivity index (χ0) is 21.8. The van der Waals surface area contributed by atoms with Crippen LogP contribution in [-0.4, -0.2) is 27.6 Å². The van der Waals surface area contributed by atoms with Crippen LogP contribution in [-0.2, 0) is 13.0 Å². The normalized spacial score (nSPS) is 20.5. The van der Waals surface area contributed by atoms with E-state index in [1.807, 2.05) is 0 Å². The van der Waals surface area contributed by atoms with Crippen LogP contribution in [0.1, 0.15) is 62.1 Å². The van der Waals surface area contributed by atoms with Crippen molar-refractivity contribution < 1.29 is 0 Å². The SMILES string of the molecule is CC#N.CCCN(CCCc1ccc(C2CC(Br)C(Br)C2)cc1)Cc1ccccc1. The predicted octanol–water partition coefficient (Wildman–Crippen LogP) is 7.47. The Balaban J connectivity index is 0.00000101. The van der Waals surface area contributed by atoms with Gasteiger partial charge in [0.15, 0.2) is 0 Å². The van der Waals surface area contributed by atoms with Gasteiger partial charge in [-0.3, -0.25) is 4.90 Å². The van der Waals surface area contributed by atoms with E-state index in [2.05, 4.69) is 98.3 Å². The van der Waals surface area contributed by atoms with Crippen molar-refractivity contribution in [2.24, 2.45) is 0 Å². The summed E-state index contributed by atoms with van der Waals surface area (Å²) < 4.78 is 0. The Kier molecular flexibility index (Phi) is 11.7. The fraction of sp³-hybridized carbons (Fsp3) is 0.500. The van der Waals surface area contributed by atoms with E-state index in [0.717, 1.165) is 6.54 Å². The van der Waals surface area contributed by atoms with Crippen molar-refractivity contribution in [1.82, 2.24) is 4.90 Å². The number of alkyl halides is 2. The van der Waals surface area contributed by atoms with Crippen molar-refractivity contribution in [3.63, 3.8) is 0 Å². The van der Waals surface area contributed by atoms with Crippen LogP contribution in [0.4, 0.5) is 0 Å². The smallest absolute Gasteiger partial charge is 0.0587 e. The molecule has 0 spiro atoms. The first-order valence-electron chi connectivity index (χ1n) is 11.0. The molecule has 0 aliphatic heterocycles. The number of nitriles is 1. The standard InChI is InChI=1S/C24H31Br2N.C2H3N/c1-2-14-27(18-20-7-4-3-5-8-20)15-6-9-19-10-12-21(13-11-19)22-16-23(25)24(26)17-22;1-2-3/h3-5,7-8,10-13,22-24H,2,6,9,14-18H2,1H3;1H3. The average molecular weight is 534 g/mol. The van der Waals surface area contributed by atoms with Crippen molar-refractivity contribution in [3.05, 3.63) is 71.3 Å². The van der Waals surface area contributed by atoms with E-state index in [4.69, 9.17) is 5.26 Å². The molecule has 1 aliphatic rings. The van der Waals surface area contributed by atoms with Crippen LogP contribution in [0, 0.1) is 11.3 Å². The summed E-state index contributed by atoms with van der Waals surface area (Å²) in [6, 6.07) is 22.0. The van der Waals surface area contributed by atoms with E-state index in [-0.39, 0.29) is 0 Å². The summed E-state index contributed by atoms with van der Waals surface area (Å²) in [4.78, 5) is 3.81. The summed E-state index contributed by atoms with van der Waals surface area (Å²) >= 11 is 7.58. The fourth-order valence-corrected chi connectivity index (χ4v) is 5.43. The van der Waals surface area contributed by atoms with E-state index >= 15 is 0 Å². The van der Waals surface area contributed by atoms with Gasteiger partial charge in [0.05, 0.1) is 6.07 Å². The van der Waals surface area contributed by atoms with Gasteiger partial charge in [0, 0.05) is 23.1 Å². The number of nitrogens with zero attached hydrogens (tertiary/aromatic N) is 2. The molecule has 1 aliphatic carbocycles. The molecule has 2 aromatic rings. The van der Waals surface area contributed by atoms with Gasteiger partial charge >= 0.3 is 0 Å². The number of rotatable bonds is 9. The van der Waals surface area contributed by atoms with Crippen molar-refractivity contribution in [3.8, 4) is 6.07 Å². The number of hydrogen-bond donors (Lipinski definition) is 0. The second kappa shape index (κ2) is 14.0. The molecule has 4 heteroatoms. The third-order valence-electron chi connectivity index (χ3n) is 5.59. The van der Waals surface area contributed by atoms with Crippen LogP contribution in [0.3, 0.4) is 0 Å². The minimum Gasteiger partial charge on any atom is -0.299 e. The number of halogens is 2. The van der Waals surface area contributed by atoms with Crippen molar-refractivity contribution in [2.45, 2.75) is 68.1 Å². The van der Waals surface area contributed by atoms with Gasteiger partial charge in [-0.2, -0.15) is 5.26 Å². The molecule has 2 atom stereocenters. The lowest BCUT2D eigenvalue weighted by Gasteiger charge is -2.22. The Morgan fingerprint density at radius 3 is 2.10 bits per heavy atom. The Hall–Kier alpha value is -1.15. The first-order chi connectivity index (χ1) is 14.6. The molecule has 1 fully saturated rings. The quantitative estimate of drug-likeness (QED) is 0.312. The second-order valence-corrected chi connectivity index (χ2v) is 10.4. The molecule has 0 aromatic heterocycles. The molecule has 1 saturated carbocycles. The maximum atomic E-state index is 7.32. The highest BCUT2D eigenvalue weighted by Gasteiger charge is 2.31. The Bertz CT molecular complexity index is 745. The zero-order valence-corrected chi connectivity index (χ0v) is 21.4. The third-order valence-corrected chi connectivity index (χ3v) is 8.32. The minimum absolute atomic E-state index is 0.608. The molecular weight excluding hydrogens is 500 g/mol. The second-order valence-electron chi connectivity index (χ2n) is 8.03. The molecule has 0 saturated heterocycles. The van der Waals surface area contributed by atoms with Gasteiger partial charge in [-0.15, -0.1) is 0 Å². The first kappa shape index (κ1) is 25.1. The molecule has 2 aromatic carbocycles. The van der Waals surface area contributed by atoms with Crippen molar-refractivity contribution >= 4 is 31.9 Å². The number of hydrogen-bond acceptors (Lipinski definition) is 2. The van der Waals surface area contributed by atoms with Crippen LogP contribution in [0.25, 0.3) is 0 Å². The molecule has 2 nitrogen and oxygen atoms in total. The lowest BCUT2D eigenvalue weighted by Crippen LogP contribution is -2.25. The monoisotopic (exact) mass is 532 g/mol. The lowest BCUT2D eigenvalue weighted by molar-refractivity contribution is 0.262. The van der Waals surface area contributed by atoms with Crippen LogP contribution < -0.4 is 0 Å². The largest absolute Gasteiger partial charge is 0.299 e. The Morgan fingerprint density at radius 1 is 0.933 bits per heavy atom. The maximum Gasteiger partial charge on any atom is 0.0587 e. The predicted molar refractivity (Wildman–Crippen MR) is 135 cm³/mol. The topological polar surface area (TPSA) is 27.0 Å². The number of aryl methyl sites for hydroxylation is 1. The van der Waals surface area contributed by atoms with Crippen LogP contribution in [0.5, 0.6) is 0 Å². The van der Waals surface area contributed by atoms with Gasteiger partial charge in [0.25, 0.3) is 0 Å². The summed E-state index contributed by atoms with van der Waals surface area (Å²) in [5.41, 5.74) is 4.39. The van der Waals surface area contributed by atoms with Crippen molar-refractivity contribution in [2.75, 3.05) is 13.1 Å². The summed E-state index contributed by atoms with van der Waals surface area (Å²) in [6.45, 7) is 7.12. The molecule has 30 heavy (non-hydrogen) atoms. The highest BCUT2D eigenvalue weighted by Crippen LogP contribution is 2.41. The van der Waals surface area contributed by atoms with Crippen LogP contribution in [0.2, 0.25) is 0 Å². The molecule has 3 rings (SSSR count). The fourth-order valence-electron chi connectivity index (χ4n) is 4.10. The highest BCUT2D eigenvalue weighted by molar-refractivity contribution is 9.12. The molecule has 0 heterocycles. The molecule has 0 radical (unpaired) electrons. The molecule has 0 N–H and O–H groups in total. The average Bonchev–Trinajstić information content (AvgIpc) is 3.08. The minimum atomic E-state index is 0.608. The van der Waals surface area contributed by atoms with Gasteiger partial charge in [0.1, 0.15) is 0 Å². The Labute approximate surface area is 199 Å². The highest BCUT2D eigenvalue weighted by atomic mass is 79.9.